The molecule has 1 fully saturated rings. The minimum atomic E-state index is 0.336. The first-order valence-corrected chi connectivity index (χ1v) is 8.70. The largest absolute Gasteiger partial charge is 0.494 e. The normalized spacial score (nSPS) is 17.6. The molecule has 0 atom stereocenters. The van der Waals surface area contributed by atoms with Crippen LogP contribution in [-0.2, 0) is 4.74 Å². The van der Waals surface area contributed by atoms with Crippen molar-refractivity contribution >= 4 is 15.9 Å². The first-order valence-electron chi connectivity index (χ1n) is 7.91. The zero-order chi connectivity index (χ0) is 15.0. The Hall–Kier alpha value is -0.580. The van der Waals surface area contributed by atoms with Crippen LogP contribution in [0, 0.1) is 5.41 Å². The average molecular weight is 356 g/mol. The van der Waals surface area contributed by atoms with E-state index in [2.05, 4.69) is 28.2 Å². The molecular weight excluding hydrogens is 330 g/mol. The molecule has 1 aliphatic heterocycles. The molecule has 0 spiro atoms. The van der Waals surface area contributed by atoms with Crippen LogP contribution in [-0.4, -0.2) is 32.9 Å². The van der Waals surface area contributed by atoms with Crippen LogP contribution in [0.4, 0.5) is 0 Å². The van der Waals surface area contributed by atoms with Gasteiger partial charge < -0.3 is 14.8 Å². The third kappa shape index (κ3) is 5.61. The first-order chi connectivity index (χ1) is 10.2. The number of rotatable bonds is 8. The predicted octanol–water partition coefficient (Wildman–Crippen LogP) is 4.01. The summed E-state index contributed by atoms with van der Waals surface area (Å²) in [6.07, 6.45) is 4.53. The molecule has 0 saturated carbocycles. The van der Waals surface area contributed by atoms with Crippen molar-refractivity contribution in [3.8, 4) is 5.75 Å². The molecule has 2 rings (SSSR count). The molecule has 0 unspecified atom stereocenters. The maximum Gasteiger partial charge on any atom is 0.119 e. The van der Waals surface area contributed by atoms with Crippen molar-refractivity contribution < 1.29 is 9.47 Å². The number of nitrogens with one attached hydrogen (secondary N) is 1. The summed E-state index contributed by atoms with van der Waals surface area (Å²) >= 11 is 3.44. The van der Waals surface area contributed by atoms with Crippen LogP contribution in [0.3, 0.4) is 0 Å². The second-order valence-electron chi connectivity index (χ2n) is 5.84. The molecule has 1 aromatic rings. The van der Waals surface area contributed by atoms with Crippen molar-refractivity contribution in [3.05, 3.63) is 28.7 Å². The number of hydrogen-bond acceptors (Lipinski definition) is 3. The molecule has 118 valence electrons. The van der Waals surface area contributed by atoms with Gasteiger partial charge in [0.15, 0.2) is 0 Å². The summed E-state index contributed by atoms with van der Waals surface area (Å²) in [6, 6.07) is 8.05. The van der Waals surface area contributed by atoms with Crippen molar-refractivity contribution in [2.24, 2.45) is 5.41 Å². The zero-order valence-electron chi connectivity index (χ0n) is 12.9. The average Bonchev–Trinajstić information content (AvgIpc) is 2.51. The number of hydrogen-bond donors (Lipinski definition) is 1. The lowest BCUT2D eigenvalue weighted by atomic mass is 9.77. The Kier molecular flexibility index (Phi) is 7.00. The molecule has 4 heteroatoms. The highest BCUT2D eigenvalue weighted by atomic mass is 79.9. The second kappa shape index (κ2) is 8.76. The molecule has 3 nitrogen and oxygen atoms in total. The van der Waals surface area contributed by atoms with Gasteiger partial charge in [0.25, 0.3) is 0 Å². The Balaban J connectivity index is 1.82. The summed E-state index contributed by atoms with van der Waals surface area (Å²) in [5.74, 6) is 0.946. The van der Waals surface area contributed by atoms with Crippen molar-refractivity contribution in [3.63, 3.8) is 0 Å². The zero-order valence-corrected chi connectivity index (χ0v) is 14.5. The van der Waals surface area contributed by atoms with E-state index in [1.165, 1.54) is 6.42 Å². The summed E-state index contributed by atoms with van der Waals surface area (Å²) in [4.78, 5) is 0. The Labute approximate surface area is 136 Å². The van der Waals surface area contributed by atoms with Crippen molar-refractivity contribution in [2.75, 3.05) is 32.9 Å². The van der Waals surface area contributed by atoms with E-state index < -0.39 is 0 Å². The van der Waals surface area contributed by atoms with E-state index in [0.717, 1.165) is 62.4 Å². The van der Waals surface area contributed by atoms with Crippen LogP contribution in [0.25, 0.3) is 0 Å². The molecule has 1 heterocycles. The van der Waals surface area contributed by atoms with E-state index in [9.17, 15) is 0 Å². The van der Waals surface area contributed by atoms with E-state index in [1.54, 1.807) is 0 Å². The predicted molar refractivity (Wildman–Crippen MR) is 89.9 cm³/mol. The molecular formula is C17H26BrNO2. The summed E-state index contributed by atoms with van der Waals surface area (Å²) < 4.78 is 12.5. The summed E-state index contributed by atoms with van der Waals surface area (Å²) in [5, 5.41) is 3.58. The molecule has 0 amide bonds. The molecule has 0 aromatic heterocycles. The van der Waals surface area contributed by atoms with Gasteiger partial charge in [-0.1, -0.05) is 22.9 Å². The van der Waals surface area contributed by atoms with E-state index >= 15 is 0 Å². The Morgan fingerprint density at radius 2 is 1.95 bits per heavy atom. The lowest BCUT2D eigenvalue weighted by Crippen LogP contribution is -2.40. The molecule has 0 radical (unpaired) electrons. The van der Waals surface area contributed by atoms with E-state index in [4.69, 9.17) is 9.47 Å². The molecule has 1 aromatic carbocycles. The maximum absolute atomic E-state index is 5.91. The van der Waals surface area contributed by atoms with Gasteiger partial charge in [-0.2, -0.15) is 0 Å². The summed E-state index contributed by atoms with van der Waals surface area (Å²) in [7, 11) is 0. The molecule has 21 heavy (non-hydrogen) atoms. The Morgan fingerprint density at radius 1 is 1.24 bits per heavy atom. The fourth-order valence-corrected chi connectivity index (χ4v) is 3.03. The lowest BCUT2D eigenvalue weighted by Gasteiger charge is -2.37. The van der Waals surface area contributed by atoms with Gasteiger partial charge in [-0.25, -0.2) is 0 Å². The van der Waals surface area contributed by atoms with Crippen molar-refractivity contribution in [1.29, 1.82) is 0 Å². The number of halogens is 1. The lowest BCUT2D eigenvalue weighted by molar-refractivity contribution is 0.00434. The fourth-order valence-electron chi connectivity index (χ4n) is 2.77. The smallest absolute Gasteiger partial charge is 0.119 e. The van der Waals surface area contributed by atoms with Crippen LogP contribution < -0.4 is 10.1 Å². The quantitative estimate of drug-likeness (QED) is 0.714. The molecule has 0 aliphatic carbocycles. The van der Waals surface area contributed by atoms with Crippen LogP contribution in [0.2, 0.25) is 0 Å². The molecule has 1 aliphatic rings. The third-order valence-corrected chi connectivity index (χ3v) is 4.72. The van der Waals surface area contributed by atoms with E-state index in [0.29, 0.717) is 5.41 Å². The Bertz CT molecular complexity index is 402. The van der Waals surface area contributed by atoms with Crippen molar-refractivity contribution in [1.82, 2.24) is 5.32 Å². The van der Waals surface area contributed by atoms with Crippen LogP contribution in [0.5, 0.6) is 5.75 Å². The van der Waals surface area contributed by atoms with Gasteiger partial charge in [0.2, 0.25) is 0 Å². The highest BCUT2D eigenvalue weighted by molar-refractivity contribution is 9.10. The minimum Gasteiger partial charge on any atom is -0.494 e. The molecule has 0 bridgehead atoms. The first kappa shape index (κ1) is 16.8. The standard InChI is InChI=1S/C17H26BrNO2/c1-2-10-19-14-17(7-11-20-12-8-17)9-13-21-16-5-3-15(18)4-6-16/h3-6,19H,2,7-14H2,1H3. The summed E-state index contributed by atoms with van der Waals surface area (Å²) in [5.41, 5.74) is 0.336. The van der Waals surface area contributed by atoms with Gasteiger partial charge in [0, 0.05) is 24.2 Å². The van der Waals surface area contributed by atoms with Crippen molar-refractivity contribution in [2.45, 2.75) is 32.6 Å². The van der Waals surface area contributed by atoms with Gasteiger partial charge in [0.05, 0.1) is 6.61 Å². The minimum absolute atomic E-state index is 0.336. The van der Waals surface area contributed by atoms with Gasteiger partial charge in [-0.3, -0.25) is 0 Å². The van der Waals surface area contributed by atoms with E-state index in [1.807, 2.05) is 24.3 Å². The van der Waals surface area contributed by atoms with Gasteiger partial charge in [0.1, 0.15) is 5.75 Å². The van der Waals surface area contributed by atoms with Crippen LogP contribution in [0.1, 0.15) is 32.6 Å². The number of ether oxygens (including phenoxy) is 2. The Morgan fingerprint density at radius 3 is 2.62 bits per heavy atom. The van der Waals surface area contributed by atoms with Gasteiger partial charge in [-0.15, -0.1) is 0 Å². The van der Waals surface area contributed by atoms with Crippen LogP contribution in [0.15, 0.2) is 28.7 Å². The number of benzene rings is 1. The van der Waals surface area contributed by atoms with Crippen LogP contribution >= 0.6 is 15.9 Å². The van der Waals surface area contributed by atoms with E-state index in [-0.39, 0.29) is 0 Å². The molecule has 1 N–H and O–H groups in total. The SMILES string of the molecule is CCCNCC1(CCOc2ccc(Br)cc2)CCOCC1. The topological polar surface area (TPSA) is 30.5 Å². The monoisotopic (exact) mass is 355 g/mol. The fraction of sp³-hybridized carbons (Fsp3) is 0.647. The van der Waals surface area contributed by atoms with Gasteiger partial charge >= 0.3 is 0 Å². The highest BCUT2D eigenvalue weighted by Crippen LogP contribution is 2.33. The van der Waals surface area contributed by atoms with Gasteiger partial charge in [-0.05, 0) is 61.9 Å². The third-order valence-electron chi connectivity index (χ3n) is 4.19. The molecule has 1 saturated heterocycles. The maximum atomic E-state index is 5.91. The second-order valence-corrected chi connectivity index (χ2v) is 6.76. The highest BCUT2D eigenvalue weighted by Gasteiger charge is 2.32. The summed E-state index contributed by atoms with van der Waals surface area (Å²) in [6.45, 7) is 6.91.